The number of aromatic nitrogens is 3. The van der Waals surface area contributed by atoms with Crippen molar-refractivity contribution in [3.63, 3.8) is 0 Å². The van der Waals surface area contributed by atoms with Gasteiger partial charge in [-0.15, -0.1) is 0 Å². The molecule has 206 valence electrons. The number of sulfonamides is 1. The Balaban J connectivity index is 1.61. The van der Waals surface area contributed by atoms with Gasteiger partial charge in [-0.1, -0.05) is 25.1 Å². The van der Waals surface area contributed by atoms with Crippen LogP contribution >= 0.6 is 0 Å². The fourth-order valence-corrected chi connectivity index (χ4v) is 5.41. The highest BCUT2D eigenvalue weighted by atomic mass is 32.2. The maximum atomic E-state index is 13.7. The van der Waals surface area contributed by atoms with Gasteiger partial charge < -0.3 is 9.40 Å². The maximum Gasteiger partial charge on any atom is 0.232 e. The maximum absolute atomic E-state index is 13.7. The van der Waals surface area contributed by atoms with Gasteiger partial charge >= 0.3 is 0 Å². The lowest BCUT2D eigenvalue weighted by molar-refractivity contribution is 0.0989. The Bertz CT molecular complexity index is 2030. The molecule has 41 heavy (non-hydrogen) atoms. The van der Waals surface area contributed by atoms with Crippen molar-refractivity contribution in [1.82, 2.24) is 15.0 Å². The summed E-state index contributed by atoms with van der Waals surface area (Å²) in [7, 11) is -2.24. The van der Waals surface area contributed by atoms with Gasteiger partial charge in [-0.05, 0) is 48.5 Å². The van der Waals surface area contributed by atoms with Crippen LogP contribution in [0.5, 0.6) is 0 Å². The van der Waals surface area contributed by atoms with Crippen LogP contribution in [-0.4, -0.2) is 42.5 Å². The number of para-hydroxylation sites is 1. The second-order valence-electron chi connectivity index (χ2n) is 9.74. The molecule has 0 saturated heterocycles. The average molecular weight is 569 g/mol. The Morgan fingerprint density at radius 3 is 2.44 bits per heavy atom. The molecule has 3 aromatic heterocycles. The Labute approximate surface area is 235 Å². The quantitative estimate of drug-likeness (QED) is 0.211. The molecule has 0 aliphatic rings. The molecule has 0 aliphatic heterocycles. The molecule has 0 saturated carbocycles. The van der Waals surface area contributed by atoms with Crippen LogP contribution in [0.3, 0.4) is 0 Å². The summed E-state index contributed by atoms with van der Waals surface area (Å²) >= 11 is 0. The molecule has 0 unspecified atom stereocenters. The third-order valence-electron chi connectivity index (χ3n) is 7.10. The third kappa shape index (κ3) is 4.76. The number of furan rings is 1. The molecule has 0 bridgehead atoms. The van der Waals surface area contributed by atoms with E-state index < -0.39 is 15.8 Å². The number of halogens is 1. The van der Waals surface area contributed by atoms with E-state index in [0.29, 0.717) is 50.5 Å². The Morgan fingerprint density at radius 1 is 1.00 bits per heavy atom. The average Bonchev–Trinajstić information content (AvgIpc) is 3.57. The highest BCUT2D eigenvalue weighted by Gasteiger charge is 2.26. The van der Waals surface area contributed by atoms with Crippen LogP contribution in [0.2, 0.25) is 0 Å². The molecule has 0 amide bonds. The van der Waals surface area contributed by atoms with Crippen molar-refractivity contribution in [2.24, 2.45) is 0 Å². The minimum Gasteiger partial charge on any atom is -0.455 e. The number of hydrogen-bond acceptors (Lipinski definition) is 6. The van der Waals surface area contributed by atoms with Crippen molar-refractivity contribution >= 4 is 43.4 Å². The molecule has 0 spiro atoms. The van der Waals surface area contributed by atoms with Crippen molar-refractivity contribution < 1.29 is 22.0 Å². The summed E-state index contributed by atoms with van der Waals surface area (Å²) in [5.74, 6) is -0.291. The van der Waals surface area contributed by atoms with Crippen LogP contribution < -0.4 is 4.31 Å². The van der Waals surface area contributed by atoms with E-state index in [4.69, 9.17) is 4.42 Å². The number of hydrogen-bond donors (Lipinski definition) is 1. The SMILES string of the molecule is CCC(=O)c1c(-c2ccc(F)cc2)oc2cc(N(C)S(C)(=O)=O)c(-c3cc(-c4cc5ccccc5[nH]4)ncn3)cc12. The van der Waals surface area contributed by atoms with Crippen molar-refractivity contribution in [2.75, 3.05) is 17.6 Å². The van der Waals surface area contributed by atoms with Crippen LogP contribution in [0, 0.1) is 5.82 Å². The van der Waals surface area contributed by atoms with E-state index in [2.05, 4.69) is 15.0 Å². The number of H-pyrrole nitrogens is 1. The van der Waals surface area contributed by atoms with Crippen LogP contribution in [-0.2, 0) is 10.0 Å². The van der Waals surface area contributed by atoms with Gasteiger partial charge in [-0.25, -0.2) is 22.8 Å². The second kappa shape index (κ2) is 9.97. The minimum absolute atomic E-state index is 0.167. The highest BCUT2D eigenvalue weighted by Crippen LogP contribution is 2.41. The minimum atomic E-state index is -3.68. The smallest absolute Gasteiger partial charge is 0.232 e. The molecule has 10 heteroatoms. The molecule has 0 fully saturated rings. The van der Waals surface area contributed by atoms with Gasteiger partial charge in [0.2, 0.25) is 10.0 Å². The van der Waals surface area contributed by atoms with E-state index in [-0.39, 0.29) is 12.2 Å². The number of Topliss-reactive ketones (excluding diaryl/α,β-unsaturated/α-hetero) is 1. The first-order valence-electron chi connectivity index (χ1n) is 12.9. The van der Waals surface area contributed by atoms with Crippen LogP contribution in [0.1, 0.15) is 23.7 Å². The van der Waals surface area contributed by atoms with Crippen LogP contribution in [0.15, 0.2) is 83.5 Å². The zero-order chi connectivity index (χ0) is 28.9. The summed E-state index contributed by atoms with van der Waals surface area (Å²) in [5.41, 5.74) is 4.78. The summed E-state index contributed by atoms with van der Waals surface area (Å²) < 4.78 is 46.4. The number of anilines is 1. The molecule has 3 heterocycles. The molecular weight excluding hydrogens is 543 g/mol. The lowest BCUT2D eigenvalue weighted by Gasteiger charge is -2.20. The molecule has 8 nitrogen and oxygen atoms in total. The number of aromatic amines is 1. The van der Waals surface area contributed by atoms with E-state index in [9.17, 15) is 17.6 Å². The molecule has 0 radical (unpaired) electrons. The fraction of sp³-hybridized carbons (Fsp3) is 0.129. The molecule has 0 aliphatic carbocycles. The molecule has 6 rings (SSSR count). The summed E-state index contributed by atoms with van der Waals surface area (Å²) in [6, 6.07) is 20.6. The zero-order valence-corrected chi connectivity index (χ0v) is 23.3. The first-order valence-corrected chi connectivity index (χ1v) is 14.7. The highest BCUT2D eigenvalue weighted by molar-refractivity contribution is 7.92. The monoisotopic (exact) mass is 568 g/mol. The van der Waals surface area contributed by atoms with Gasteiger partial charge in [0.05, 0.1) is 34.6 Å². The largest absolute Gasteiger partial charge is 0.455 e. The summed E-state index contributed by atoms with van der Waals surface area (Å²) in [6.07, 6.45) is 2.73. The summed E-state index contributed by atoms with van der Waals surface area (Å²) in [5, 5.41) is 1.53. The van der Waals surface area contributed by atoms with Gasteiger partial charge in [0.1, 0.15) is 23.5 Å². The standard InChI is InChI=1S/C31H25FN4O4S/c1-4-28(37)30-22-14-21(24-15-25(34-17-33-24)26-13-19-7-5-6-8-23(19)35-26)27(36(2)41(3,38)39)16-29(22)40-31(30)18-9-11-20(32)12-10-18/h5-17,35H,4H2,1-3H3. The Hall–Kier alpha value is -4.83. The number of benzene rings is 3. The topological polar surface area (TPSA) is 109 Å². The van der Waals surface area contributed by atoms with E-state index in [1.54, 1.807) is 37.3 Å². The lowest BCUT2D eigenvalue weighted by atomic mass is 9.98. The molecular formula is C31H25FN4O4S. The van der Waals surface area contributed by atoms with Gasteiger partial charge in [-0.3, -0.25) is 9.10 Å². The Morgan fingerprint density at radius 2 is 1.73 bits per heavy atom. The number of nitrogens with one attached hydrogen (secondary N) is 1. The normalized spacial score (nSPS) is 11.8. The van der Waals surface area contributed by atoms with Crippen molar-refractivity contribution in [3.05, 3.63) is 90.5 Å². The number of carbonyl (C=O) groups excluding carboxylic acids is 1. The van der Waals surface area contributed by atoms with E-state index >= 15 is 0 Å². The zero-order valence-electron chi connectivity index (χ0n) is 22.5. The number of rotatable bonds is 7. The van der Waals surface area contributed by atoms with Crippen LogP contribution in [0.25, 0.3) is 55.8 Å². The summed E-state index contributed by atoms with van der Waals surface area (Å²) in [4.78, 5) is 25.5. The molecule has 6 aromatic rings. The predicted octanol–water partition coefficient (Wildman–Crippen LogP) is 6.83. The van der Waals surface area contributed by atoms with Crippen molar-refractivity contribution in [2.45, 2.75) is 13.3 Å². The van der Waals surface area contributed by atoms with Gasteiger partial charge in [-0.2, -0.15) is 0 Å². The number of fused-ring (bicyclic) bond motifs is 2. The Kier molecular flexibility index (Phi) is 6.42. The number of ketones is 1. The fourth-order valence-electron chi connectivity index (χ4n) is 4.90. The van der Waals surface area contributed by atoms with E-state index in [0.717, 1.165) is 27.2 Å². The summed E-state index contributed by atoms with van der Waals surface area (Å²) in [6.45, 7) is 1.75. The molecule has 1 N–H and O–H groups in total. The third-order valence-corrected chi connectivity index (χ3v) is 8.29. The lowest BCUT2D eigenvalue weighted by Crippen LogP contribution is -2.25. The van der Waals surface area contributed by atoms with Crippen LogP contribution in [0.4, 0.5) is 10.1 Å². The van der Waals surface area contributed by atoms with E-state index in [1.165, 1.54) is 25.5 Å². The number of carbonyl (C=O) groups is 1. The van der Waals surface area contributed by atoms with Gasteiger partial charge in [0.15, 0.2) is 5.78 Å². The molecule has 3 aromatic carbocycles. The molecule has 0 atom stereocenters. The first-order chi connectivity index (χ1) is 19.6. The van der Waals surface area contributed by atoms with Gasteiger partial charge in [0, 0.05) is 47.0 Å². The predicted molar refractivity (Wildman–Crippen MR) is 158 cm³/mol. The van der Waals surface area contributed by atoms with Crippen molar-refractivity contribution in [3.8, 4) is 34.0 Å². The van der Waals surface area contributed by atoms with Crippen molar-refractivity contribution in [1.29, 1.82) is 0 Å². The first kappa shape index (κ1) is 26.4. The van der Waals surface area contributed by atoms with Gasteiger partial charge in [0.25, 0.3) is 0 Å². The second-order valence-corrected chi connectivity index (χ2v) is 11.8. The number of nitrogens with zero attached hydrogens (tertiary/aromatic N) is 3. The van der Waals surface area contributed by atoms with E-state index in [1.807, 2.05) is 30.3 Å².